The number of amides is 1. The molecule has 1 aliphatic heterocycles. The number of rotatable bonds is 3. The highest BCUT2D eigenvalue weighted by Gasteiger charge is 2.33. The summed E-state index contributed by atoms with van der Waals surface area (Å²) in [7, 11) is 0. The first-order chi connectivity index (χ1) is 9.51. The Labute approximate surface area is 126 Å². The van der Waals surface area contributed by atoms with Gasteiger partial charge in [0.25, 0.3) is 5.91 Å². The van der Waals surface area contributed by atoms with Crippen LogP contribution in [0.1, 0.15) is 49.9 Å². The van der Waals surface area contributed by atoms with Crippen LogP contribution in [0.3, 0.4) is 0 Å². The molecule has 20 heavy (non-hydrogen) atoms. The average molecular weight is 295 g/mol. The second kappa shape index (κ2) is 6.04. The zero-order valence-electron chi connectivity index (χ0n) is 12.3. The van der Waals surface area contributed by atoms with Crippen molar-refractivity contribution in [2.45, 2.75) is 39.5 Å². The van der Waals surface area contributed by atoms with Crippen molar-refractivity contribution >= 4 is 23.2 Å². The molecule has 0 spiro atoms. The number of anilines is 1. The van der Waals surface area contributed by atoms with Crippen molar-refractivity contribution in [3.05, 3.63) is 28.8 Å². The predicted octanol–water partition coefficient (Wildman–Crippen LogP) is 3.96. The molecule has 3 nitrogen and oxygen atoms in total. The van der Waals surface area contributed by atoms with E-state index in [1.54, 1.807) is 18.2 Å². The molecule has 1 amide bonds. The molecule has 0 saturated carbocycles. The molecule has 2 rings (SSSR count). The maximum Gasteiger partial charge on any atom is 0.253 e. The second-order valence-corrected chi connectivity index (χ2v) is 6.14. The number of hydrogen-bond donors (Lipinski definition) is 1. The number of nitrogen functional groups attached to an aromatic ring is 1. The lowest BCUT2D eigenvalue weighted by Gasteiger charge is -2.41. The van der Waals surface area contributed by atoms with Crippen LogP contribution >= 0.6 is 11.6 Å². The Kier molecular flexibility index (Phi) is 4.59. The highest BCUT2D eigenvalue weighted by molar-refractivity contribution is 6.33. The van der Waals surface area contributed by atoms with E-state index in [0.29, 0.717) is 21.7 Å². The van der Waals surface area contributed by atoms with Crippen molar-refractivity contribution in [2.75, 3.05) is 18.8 Å². The van der Waals surface area contributed by atoms with E-state index in [2.05, 4.69) is 13.8 Å². The zero-order valence-corrected chi connectivity index (χ0v) is 13.0. The lowest BCUT2D eigenvalue weighted by atomic mass is 9.74. The number of nitrogens with two attached hydrogens (primary N) is 1. The molecule has 0 bridgehead atoms. The van der Waals surface area contributed by atoms with Gasteiger partial charge in [-0.1, -0.05) is 38.3 Å². The minimum atomic E-state index is 0.0640. The molecule has 2 N–H and O–H groups in total. The van der Waals surface area contributed by atoms with Crippen LogP contribution in [0.2, 0.25) is 5.02 Å². The number of carbonyl (C=O) groups excluding carboxylic acids is 1. The van der Waals surface area contributed by atoms with Gasteiger partial charge >= 0.3 is 0 Å². The Morgan fingerprint density at radius 3 is 2.40 bits per heavy atom. The maximum absolute atomic E-state index is 12.5. The van der Waals surface area contributed by atoms with Gasteiger partial charge in [0.2, 0.25) is 0 Å². The van der Waals surface area contributed by atoms with Gasteiger partial charge in [0.1, 0.15) is 0 Å². The van der Waals surface area contributed by atoms with Crippen LogP contribution in [-0.2, 0) is 0 Å². The summed E-state index contributed by atoms with van der Waals surface area (Å²) in [6.45, 7) is 6.17. The van der Waals surface area contributed by atoms with Crippen LogP contribution in [0.5, 0.6) is 0 Å². The first kappa shape index (κ1) is 15.2. The van der Waals surface area contributed by atoms with Gasteiger partial charge in [-0.15, -0.1) is 0 Å². The molecule has 1 fully saturated rings. The fourth-order valence-electron chi connectivity index (χ4n) is 3.00. The van der Waals surface area contributed by atoms with Crippen LogP contribution in [0.4, 0.5) is 5.69 Å². The van der Waals surface area contributed by atoms with Crippen molar-refractivity contribution in [1.29, 1.82) is 0 Å². The third kappa shape index (κ3) is 2.93. The minimum Gasteiger partial charge on any atom is -0.398 e. The molecule has 0 aromatic heterocycles. The minimum absolute atomic E-state index is 0.0640. The van der Waals surface area contributed by atoms with Gasteiger partial charge in [-0.25, -0.2) is 0 Å². The lowest BCUT2D eigenvalue weighted by Crippen LogP contribution is -2.42. The first-order valence-electron chi connectivity index (χ1n) is 7.35. The largest absolute Gasteiger partial charge is 0.398 e. The van der Waals surface area contributed by atoms with E-state index in [-0.39, 0.29) is 5.91 Å². The number of benzene rings is 1. The Hall–Kier alpha value is -1.22. The molecule has 0 radical (unpaired) electrons. The van der Waals surface area contributed by atoms with Gasteiger partial charge in [-0.2, -0.15) is 0 Å². The second-order valence-electron chi connectivity index (χ2n) is 5.74. The fraction of sp³-hybridized carbons (Fsp3) is 0.562. The molecule has 0 atom stereocenters. The van der Waals surface area contributed by atoms with Crippen molar-refractivity contribution in [2.24, 2.45) is 5.41 Å². The van der Waals surface area contributed by atoms with Gasteiger partial charge < -0.3 is 10.6 Å². The summed E-state index contributed by atoms with van der Waals surface area (Å²) in [6, 6.07) is 5.12. The van der Waals surface area contributed by atoms with E-state index in [0.717, 1.165) is 25.9 Å². The van der Waals surface area contributed by atoms with E-state index in [1.165, 1.54) is 12.8 Å². The van der Waals surface area contributed by atoms with E-state index in [9.17, 15) is 4.79 Å². The highest BCUT2D eigenvalue weighted by Crippen LogP contribution is 2.38. The standard InChI is InChI=1S/C16H23ClN2O/c1-3-16(4-2)7-9-19(10-8-16)15(20)12-5-6-13(17)14(18)11-12/h5-6,11H,3-4,7-10,18H2,1-2H3. The molecular weight excluding hydrogens is 272 g/mol. The van der Waals surface area contributed by atoms with Crippen LogP contribution in [0, 0.1) is 5.41 Å². The quantitative estimate of drug-likeness (QED) is 0.858. The van der Waals surface area contributed by atoms with Crippen LogP contribution in [0.15, 0.2) is 18.2 Å². The van der Waals surface area contributed by atoms with Crippen molar-refractivity contribution in [1.82, 2.24) is 4.90 Å². The third-order valence-electron chi connectivity index (χ3n) is 4.85. The molecule has 110 valence electrons. The van der Waals surface area contributed by atoms with Crippen LogP contribution in [-0.4, -0.2) is 23.9 Å². The van der Waals surface area contributed by atoms with E-state index >= 15 is 0 Å². The summed E-state index contributed by atoms with van der Waals surface area (Å²) in [5.74, 6) is 0.0640. The summed E-state index contributed by atoms with van der Waals surface area (Å²) in [4.78, 5) is 14.4. The fourth-order valence-corrected chi connectivity index (χ4v) is 3.12. The monoisotopic (exact) mass is 294 g/mol. The van der Waals surface area contributed by atoms with Gasteiger partial charge in [0.05, 0.1) is 10.7 Å². The third-order valence-corrected chi connectivity index (χ3v) is 5.20. The van der Waals surface area contributed by atoms with E-state index in [1.807, 2.05) is 4.90 Å². The molecule has 0 aliphatic carbocycles. The normalized spacial score (nSPS) is 18.1. The molecule has 4 heteroatoms. The topological polar surface area (TPSA) is 46.3 Å². The van der Waals surface area contributed by atoms with E-state index in [4.69, 9.17) is 17.3 Å². The summed E-state index contributed by atoms with van der Waals surface area (Å²) in [5, 5.41) is 0.496. The molecule has 1 saturated heterocycles. The zero-order chi connectivity index (χ0) is 14.8. The molecule has 1 heterocycles. The van der Waals surface area contributed by atoms with E-state index < -0.39 is 0 Å². The lowest BCUT2D eigenvalue weighted by molar-refractivity contribution is 0.0558. The molecule has 0 unspecified atom stereocenters. The van der Waals surface area contributed by atoms with Crippen molar-refractivity contribution in [3.8, 4) is 0 Å². The number of nitrogens with zero attached hydrogens (tertiary/aromatic N) is 1. The average Bonchev–Trinajstić information content (AvgIpc) is 2.49. The van der Waals surface area contributed by atoms with Gasteiger partial charge in [0, 0.05) is 18.7 Å². The van der Waals surface area contributed by atoms with Crippen LogP contribution in [0.25, 0.3) is 0 Å². The number of piperidine rings is 1. The maximum atomic E-state index is 12.5. The molecular formula is C16H23ClN2O. The molecule has 1 aliphatic rings. The Morgan fingerprint density at radius 1 is 1.30 bits per heavy atom. The summed E-state index contributed by atoms with van der Waals surface area (Å²) >= 11 is 5.90. The number of likely N-dealkylation sites (tertiary alicyclic amines) is 1. The van der Waals surface area contributed by atoms with Gasteiger partial charge in [-0.3, -0.25) is 4.79 Å². The van der Waals surface area contributed by atoms with Crippen molar-refractivity contribution < 1.29 is 4.79 Å². The molecule has 1 aromatic carbocycles. The summed E-state index contributed by atoms with van der Waals surface area (Å²) < 4.78 is 0. The SMILES string of the molecule is CCC1(CC)CCN(C(=O)c2ccc(Cl)c(N)c2)CC1. The highest BCUT2D eigenvalue weighted by atomic mass is 35.5. The smallest absolute Gasteiger partial charge is 0.253 e. The predicted molar refractivity (Wildman–Crippen MR) is 84.0 cm³/mol. The summed E-state index contributed by atoms with van der Waals surface area (Å²) in [5.41, 5.74) is 7.29. The number of hydrogen-bond acceptors (Lipinski definition) is 2. The Morgan fingerprint density at radius 2 is 1.90 bits per heavy atom. The van der Waals surface area contributed by atoms with Crippen molar-refractivity contribution in [3.63, 3.8) is 0 Å². The Balaban J connectivity index is 2.06. The summed E-state index contributed by atoms with van der Waals surface area (Å²) in [6.07, 6.45) is 4.57. The number of halogens is 1. The van der Waals surface area contributed by atoms with Crippen LogP contribution < -0.4 is 5.73 Å². The number of carbonyl (C=O) groups is 1. The van der Waals surface area contributed by atoms with Gasteiger partial charge in [0.15, 0.2) is 0 Å². The molecule has 1 aromatic rings. The first-order valence-corrected chi connectivity index (χ1v) is 7.73. The van der Waals surface area contributed by atoms with Gasteiger partial charge in [-0.05, 0) is 36.5 Å². The Bertz CT molecular complexity index is 487.